The molecule has 0 saturated heterocycles. The smallest absolute Gasteiger partial charge is 0.379 e. The lowest BCUT2D eigenvalue weighted by Crippen LogP contribution is -2.12. The Hall–Kier alpha value is -1.50. The molecule has 0 atom stereocenters. The fourth-order valence-electron chi connectivity index (χ4n) is 1.65. The van der Waals surface area contributed by atoms with Crippen molar-refractivity contribution < 1.29 is 13.2 Å². The Morgan fingerprint density at radius 1 is 1.37 bits per heavy atom. The van der Waals surface area contributed by atoms with E-state index in [0.29, 0.717) is 4.47 Å². The Bertz CT molecular complexity index is 578. The molecule has 0 aliphatic rings. The van der Waals surface area contributed by atoms with Crippen LogP contribution in [0.3, 0.4) is 0 Å². The summed E-state index contributed by atoms with van der Waals surface area (Å²) in [7, 11) is 1.79. The Balaban J connectivity index is 2.23. The van der Waals surface area contributed by atoms with Gasteiger partial charge in [-0.15, -0.1) is 0 Å². The van der Waals surface area contributed by atoms with Gasteiger partial charge in [0.05, 0.1) is 24.1 Å². The first kappa shape index (κ1) is 13.9. The number of halogens is 4. The average Bonchev–Trinajstić information content (AvgIpc) is 2.72. The third-order valence-electron chi connectivity index (χ3n) is 2.66. The molecule has 0 radical (unpaired) electrons. The number of anilines is 1. The first-order valence-corrected chi connectivity index (χ1v) is 6.23. The molecule has 1 aromatic heterocycles. The Labute approximate surface area is 116 Å². The zero-order valence-electron chi connectivity index (χ0n) is 10.0. The summed E-state index contributed by atoms with van der Waals surface area (Å²) >= 11 is 3.05. The van der Waals surface area contributed by atoms with Crippen molar-refractivity contribution in [1.82, 2.24) is 9.55 Å². The van der Waals surface area contributed by atoms with Crippen molar-refractivity contribution in [3.05, 3.63) is 46.5 Å². The maximum absolute atomic E-state index is 12.9. The van der Waals surface area contributed by atoms with Crippen LogP contribution in [0.2, 0.25) is 0 Å². The maximum Gasteiger partial charge on any atom is 0.418 e. The second-order valence-corrected chi connectivity index (χ2v) is 4.95. The van der Waals surface area contributed by atoms with Crippen molar-refractivity contribution in [2.75, 3.05) is 5.32 Å². The van der Waals surface area contributed by atoms with Crippen LogP contribution in [0.5, 0.6) is 0 Å². The molecule has 2 aromatic rings. The molecule has 0 saturated carbocycles. The maximum atomic E-state index is 12.9. The standard InChI is InChI=1S/C12H11BrF3N3/c1-19-7-17-5-9(19)6-18-11-3-2-8(13)4-10(11)12(14,15)16/h2-5,7,18H,6H2,1H3. The Kier molecular flexibility index (Phi) is 3.84. The molecule has 1 heterocycles. The molecule has 3 nitrogen and oxygen atoms in total. The van der Waals surface area contributed by atoms with E-state index in [1.165, 1.54) is 6.07 Å². The van der Waals surface area contributed by atoms with Gasteiger partial charge < -0.3 is 9.88 Å². The van der Waals surface area contributed by atoms with E-state index in [1.54, 1.807) is 30.2 Å². The molecule has 0 bridgehead atoms. The van der Waals surface area contributed by atoms with Crippen molar-refractivity contribution in [3.63, 3.8) is 0 Å². The summed E-state index contributed by atoms with van der Waals surface area (Å²) in [5.74, 6) is 0. The first-order chi connectivity index (χ1) is 8.88. The van der Waals surface area contributed by atoms with Gasteiger partial charge in [0.15, 0.2) is 0 Å². The fourth-order valence-corrected chi connectivity index (χ4v) is 2.01. The van der Waals surface area contributed by atoms with E-state index in [9.17, 15) is 13.2 Å². The van der Waals surface area contributed by atoms with Crippen LogP contribution in [-0.4, -0.2) is 9.55 Å². The van der Waals surface area contributed by atoms with Crippen molar-refractivity contribution in [2.24, 2.45) is 7.05 Å². The monoisotopic (exact) mass is 333 g/mol. The minimum absolute atomic E-state index is 0.0527. The fraction of sp³-hybridized carbons (Fsp3) is 0.250. The molecule has 0 aliphatic heterocycles. The number of nitrogens with zero attached hydrogens (tertiary/aromatic N) is 2. The quantitative estimate of drug-likeness (QED) is 0.925. The molecule has 102 valence electrons. The highest BCUT2D eigenvalue weighted by Crippen LogP contribution is 2.36. The lowest BCUT2D eigenvalue weighted by atomic mass is 10.1. The van der Waals surface area contributed by atoms with Crippen molar-refractivity contribution in [1.29, 1.82) is 0 Å². The largest absolute Gasteiger partial charge is 0.418 e. The zero-order valence-corrected chi connectivity index (χ0v) is 11.6. The number of alkyl halides is 3. The molecular weight excluding hydrogens is 323 g/mol. The van der Waals surface area contributed by atoms with Gasteiger partial charge in [-0.25, -0.2) is 4.98 Å². The van der Waals surface area contributed by atoms with E-state index in [0.717, 1.165) is 11.8 Å². The summed E-state index contributed by atoms with van der Waals surface area (Å²) in [6.07, 6.45) is -1.18. The highest BCUT2D eigenvalue weighted by Gasteiger charge is 2.33. The van der Waals surface area contributed by atoms with Gasteiger partial charge in [-0.2, -0.15) is 13.2 Å². The van der Waals surface area contributed by atoms with Gasteiger partial charge in [0.25, 0.3) is 0 Å². The van der Waals surface area contributed by atoms with Gasteiger partial charge in [-0.3, -0.25) is 0 Å². The number of hydrogen-bond acceptors (Lipinski definition) is 2. The summed E-state index contributed by atoms with van der Waals surface area (Å²) in [5.41, 5.74) is 0.164. The van der Waals surface area contributed by atoms with Gasteiger partial charge in [0, 0.05) is 23.4 Å². The van der Waals surface area contributed by atoms with E-state index >= 15 is 0 Å². The van der Waals surface area contributed by atoms with E-state index in [-0.39, 0.29) is 12.2 Å². The summed E-state index contributed by atoms with van der Waals surface area (Å²) in [5, 5.41) is 2.79. The van der Waals surface area contributed by atoms with Crippen LogP contribution in [-0.2, 0) is 19.8 Å². The van der Waals surface area contributed by atoms with Gasteiger partial charge in [-0.1, -0.05) is 15.9 Å². The van der Waals surface area contributed by atoms with Crippen LogP contribution in [0.25, 0.3) is 0 Å². The molecule has 0 amide bonds. The molecule has 1 aromatic carbocycles. The number of benzene rings is 1. The summed E-state index contributed by atoms with van der Waals surface area (Å²) in [4.78, 5) is 3.91. The average molecular weight is 334 g/mol. The van der Waals surface area contributed by atoms with Crippen LogP contribution >= 0.6 is 15.9 Å². The summed E-state index contributed by atoms with van der Waals surface area (Å²) < 4.78 is 40.8. The minimum atomic E-state index is -4.39. The summed E-state index contributed by atoms with van der Waals surface area (Å²) in [6.45, 7) is 0.279. The molecule has 7 heteroatoms. The van der Waals surface area contributed by atoms with E-state index < -0.39 is 11.7 Å². The van der Waals surface area contributed by atoms with Crippen LogP contribution < -0.4 is 5.32 Å². The normalized spacial score (nSPS) is 11.6. The van der Waals surface area contributed by atoms with E-state index in [2.05, 4.69) is 26.2 Å². The molecule has 0 aliphatic carbocycles. The predicted molar refractivity (Wildman–Crippen MR) is 69.7 cm³/mol. The molecule has 1 N–H and O–H groups in total. The van der Waals surface area contributed by atoms with Crippen molar-refractivity contribution in [2.45, 2.75) is 12.7 Å². The predicted octanol–water partition coefficient (Wildman–Crippen LogP) is 3.81. The highest BCUT2D eigenvalue weighted by molar-refractivity contribution is 9.10. The van der Waals surface area contributed by atoms with Gasteiger partial charge in [-0.05, 0) is 18.2 Å². The van der Waals surface area contributed by atoms with Gasteiger partial charge >= 0.3 is 6.18 Å². The highest BCUT2D eigenvalue weighted by atomic mass is 79.9. The van der Waals surface area contributed by atoms with E-state index in [1.807, 2.05) is 0 Å². The van der Waals surface area contributed by atoms with Crippen molar-refractivity contribution >= 4 is 21.6 Å². The summed E-state index contributed by atoms with van der Waals surface area (Å²) in [6, 6.07) is 4.04. The third kappa shape index (κ3) is 3.28. The second kappa shape index (κ2) is 5.24. The van der Waals surface area contributed by atoms with Gasteiger partial charge in [0.1, 0.15) is 0 Å². The van der Waals surface area contributed by atoms with Crippen molar-refractivity contribution in [3.8, 4) is 0 Å². The molecule has 0 unspecified atom stereocenters. The lowest BCUT2D eigenvalue weighted by molar-refractivity contribution is -0.137. The number of nitrogens with one attached hydrogen (secondary N) is 1. The van der Waals surface area contributed by atoms with Crippen LogP contribution in [0, 0.1) is 0 Å². The first-order valence-electron chi connectivity index (χ1n) is 5.44. The van der Waals surface area contributed by atoms with Gasteiger partial charge in [0.2, 0.25) is 0 Å². The second-order valence-electron chi connectivity index (χ2n) is 4.04. The zero-order chi connectivity index (χ0) is 14.0. The molecule has 2 rings (SSSR count). The molecule has 0 fully saturated rings. The number of rotatable bonds is 3. The number of imidazole rings is 1. The molecule has 0 spiro atoms. The number of aryl methyl sites for hydroxylation is 1. The minimum Gasteiger partial charge on any atom is -0.379 e. The number of hydrogen-bond donors (Lipinski definition) is 1. The topological polar surface area (TPSA) is 29.9 Å². The van der Waals surface area contributed by atoms with E-state index in [4.69, 9.17) is 0 Å². The SMILES string of the molecule is Cn1cncc1CNc1ccc(Br)cc1C(F)(F)F. The lowest BCUT2D eigenvalue weighted by Gasteiger charge is -2.15. The number of aromatic nitrogens is 2. The molecule has 19 heavy (non-hydrogen) atoms. The van der Waals surface area contributed by atoms with Crippen LogP contribution in [0.15, 0.2) is 35.2 Å². The van der Waals surface area contributed by atoms with Crippen LogP contribution in [0.1, 0.15) is 11.3 Å². The third-order valence-corrected chi connectivity index (χ3v) is 3.16. The Morgan fingerprint density at radius 2 is 2.11 bits per heavy atom. The Morgan fingerprint density at radius 3 is 2.68 bits per heavy atom. The van der Waals surface area contributed by atoms with Crippen LogP contribution in [0.4, 0.5) is 18.9 Å². The molecular formula is C12H11BrF3N3.